The summed E-state index contributed by atoms with van der Waals surface area (Å²) in [6.07, 6.45) is 1.53. The first-order valence-electron chi connectivity index (χ1n) is 4.27. The number of carbonyl (C=O) groups is 1. The van der Waals surface area contributed by atoms with E-state index in [-0.39, 0.29) is 5.78 Å². The van der Waals surface area contributed by atoms with Crippen molar-refractivity contribution >= 4 is 17.1 Å². The third kappa shape index (κ3) is 2.40. The van der Waals surface area contributed by atoms with Gasteiger partial charge in [0.15, 0.2) is 5.78 Å². The maximum atomic E-state index is 11.6. The summed E-state index contributed by atoms with van der Waals surface area (Å²) in [5, 5.41) is 10.6. The molecule has 0 aliphatic rings. The third-order valence-electron chi connectivity index (χ3n) is 1.81. The van der Waals surface area contributed by atoms with E-state index in [1.165, 1.54) is 11.3 Å². The molecule has 1 rings (SSSR count). The van der Waals surface area contributed by atoms with Gasteiger partial charge in [-0.1, -0.05) is 19.4 Å². The van der Waals surface area contributed by atoms with Gasteiger partial charge in [0, 0.05) is 0 Å². The molecule has 0 N–H and O–H groups in total. The van der Waals surface area contributed by atoms with Gasteiger partial charge in [-0.25, -0.2) is 0 Å². The van der Waals surface area contributed by atoms with E-state index in [9.17, 15) is 4.79 Å². The number of carbonyl (C=O) groups excluding carboxylic acids is 1. The number of nitriles is 1. The van der Waals surface area contributed by atoms with Gasteiger partial charge in [-0.05, 0) is 17.9 Å². The van der Waals surface area contributed by atoms with E-state index in [2.05, 4.69) is 0 Å². The van der Waals surface area contributed by atoms with Crippen LogP contribution in [0.25, 0.3) is 0 Å². The highest BCUT2D eigenvalue weighted by Gasteiger charge is 2.18. The molecule has 0 spiro atoms. The molecular weight excluding hydrogens is 182 g/mol. The highest BCUT2D eigenvalue weighted by atomic mass is 32.1. The van der Waals surface area contributed by atoms with Crippen LogP contribution in [0.4, 0.5) is 0 Å². The summed E-state index contributed by atoms with van der Waals surface area (Å²) in [5.41, 5.74) is 0. The van der Waals surface area contributed by atoms with E-state index < -0.39 is 5.92 Å². The fraction of sp³-hybridized carbons (Fsp3) is 0.400. The Hall–Kier alpha value is -1.14. The average Bonchev–Trinajstić information content (AvgIpc) is 2.65. The predicted octanol–water partition coefficient (Wildman–Crippen LogP) is 2.87. The van der Waals surface area contributed by atoms with E-state index in [1.54, 1.807) is 6.07 Å². The first kappa shape index (κ1) is 9.94. The lowest BCUT2D eigenvalue weighted by atomic mass is 9.99. The number of hydrogen-bond acceptors (Lipinski definition) is 3. The predicted molar refractivity (Wildman–Crippen MR) is 52.7 cm³/mol. The normalized spacial score (nSPS) is 12.0. The van der Waals surface area contributed by atoms with E-state index in [4.69, 9.17) is 5.26 Å². The van der Waals surface area contributed by atoms with Crippen molar-refractivity contribution in [3.63, 3.8) is 0 Å². The minimum Gasteiger partial charge on any atom is -0.292 e. The summed E-state index contributed by atoms with van der Waals surface area (Å²) < 4.78 is 0. The molecule has 0 aliphatic carbocycles. The van der Waals surface area contributed by atoms with Gasteiger partial charge in [0.25, 0.3) is 0 Å². The molecule has 0 aliphatic heterocycles. The molecule has 0 saturated heterocycles. The van der Waals surface area contributed by atoms with Crippen LogP contribution in [0.15, 0.2) is 17.5 Å². The lowest BCUT2D eigenvalue weighted by molar-refractivity contribution is 0.0947. The van der Waals surface area contributed by atoms with E-state index >= 15 is 0 Å². The minimum atomic E-state index is -0.455. The molecule has 0 radical (unpaired) electrons. The molecule has 1 atom stereocenters. The monoisotopic (exact) mass is 193 g/mol. The van der Waals surface area contributed by atoms with Crippen LogP contribution in [0.5, 0.6) is 0 Å². The Kier molecular flexibility index (Phi) is 3.66. The van der Waals surface area contributed by atoms with Crippen LogP contribution in [0.3, 0.4) is 0 Å². The largest absolute Gasteiger partial charge is 0.292 e. The first-order chi connectivity index (χ1) is 6.29. The van der Waals surface area contributed by atoms with Crippen LogP contribution >= 0.6 is 11.3 Å². The van der Waals surface area contributed by atoms with Crippen molar-refractivity contribution in [2.75, 3.05) is 0 Å². The van der Waals surface area contributed by atoms with Gasteiger partial charge >= 0.3 is 0 Å². The third-order valence-corrected chi connectivity index (χ3v) is 2.70. The van der Waals surface area contributed by atoms with Gasteiger partial charge in [-0.2, -0.15) is 5.26 Å². The molecule has 0 bridgehead atoms. The zero-order valence-electron chi connectivity index (χ0n) is 7.49. The molecular formula is C10H11NOS. The van der Waals surface area contributed by atoms with Crippen LogP contribution in [0.2, 0.25) is 0 Å². The highest BCUT2D eigenvalue weighted by molar-refractivity contribution is 7.12. The Bertz CT molecular complexity index is 310. The maximum Gasteiger partial charge on any atom is 0.189 e. The van der Waals surface area contributed by atoms with Crippen molar-refractivity contribution < 1.29 is 4.79 Å². The number of nitrogens with zero attached hydrogens (tertiary/aromatic N) is 1. The van der Waals surface area contributed by atoms with Crippen LogP contribution in [0, 0.1) is 17.2 Å². The standard InChI is InChI=1S/C10H11NOS/c1-2-4-8(7-11)10(12)9-5-3-6-13-9/h3,5-6,8H,2,4H2,1H3. The summed E-state index contributed by atoms with van der Waals surface area (Å²) >= 11 is 1.40. The molecule has 0 saturated carbocycles. The molecule has 3 heteroatoms. The SMILES string of the molecule is CCCC(C#N)C(=O)c1cccs1. The molecule has 1 heterocycles. The summed E-state index contributed by atoms with van der Waals surface area (Å²) in [6, 6.07) is 5.65. The van der Waals surface area contributed by atoms with Crippen molar-refractivity contribution in [1.82, 2.24) is 0 Å². The molecule has 0 fully saturated rings. The Balaban J connectivity index is 2.72. The molecule has 0 aromatic carbocycles. The van der Waals surface area contributed by atoms with Gasteiger partial charge in [-0.15, -0.1) is 11.3 Å². The van der Waals surface area contributed by atoms with E-state index in [1.807, 2.05) is 24.4 Å². The maximum absolute atomic E-state index is 11.6. The van der Waals surface area contributed by atoms with Crippen LogP contribution in [0.1, 0.15) is 29.4 Å². The average molecular weight is 193 g/mol. The summed E-state index contributed by atoms with van der Waals surface area (Å²) in [4.78, 5) is 12.3. The number of Topliss-reactive ketones (excluding diaryl/α,β-unsaturated/α-hetero) is 1. The summed E-state index contributed by atoms with van der Waals surface area (Å²) in [6.45, 7) is 1.98. The Morgan fingerprint density at radius 2 is 2.54 bits per heavy atom. The zero-order chi connectivity index (χ0) is 9.68. The topological polar surface area (TPSA) is 40.9 Å². The number of hydrogen-bond donors (Lipinski definition) is 0. The van der Waals surface area contributed by atoms with Gasteiger partial charge in [0.2, 0.25) is 0 Å². The highest BCUT2D eigenvalue weighted by Crippen LogP contribution is 2.17. The van der Waals surface area contributed by atoms with Crippen molar-refractivity contribution in [3.05, 3.63) is 22.4 Å². The van der Waals surface area contributed by atoms with Gasteiger partial charge in [-0.3, -0.25) is 4.79 Å². The second-order valence-electron chi connectivity index (χ2n) is 2.81. The van der Waals surface area contributed by atoms with E-state index in [0.29, 0.717) is 11.3 Å². The Labute approximate surface area is 81.8 Å². The lowest BCUT2D eigenvalue weighted by Gasteiger charge is -2.03. The number of rotatable bonds is 4. The fourth-order valence-corrected chi connectivity index (χ4v) is 1.85. The Morgan fingerprint density at radius 1 is 1.77 bits per heavy atom. The molecule has 1 unspecified atom stereocenters. The molecule has 68 valence electrons. The second kappa shape index (κ2) is 4.78. The van der Waals surface area contributed by atoms with Crippen LogP contribution in [-0.2, 0) is 0 Å². The van der Waals surface area contributed by atoms with Crippen molar-refractivity contribution in [2.24, 2.45) is 5.92 Å². The van der Waals surface area contributed by atoms with Crippen molar-refractivity contribution in [2.45, 2.75) is 19.8 Å². The molecule has 0 amide bonds. The molecule has 1 aromatic heterocycles. The lowest BCUT2D eigenvalue weighted by Crippen LogP contribution is -2.10. The number of ketones is 1. The fourth-order valence-electron chi connectivity index (χ4n) is 1.13. The van der Waals surface area contributed by atoms with Crippen LogP contribution in [-0.4, -0.2) is 5.78 Å². The number of thiophene rings is 1. The molecule has 2 nitrogen and oxygen atoms in total. The van der Waals surface area contributed by atoms with E-state index in [0.717, 1.165) is 6.42 Å². The quantitative estimate of drug-likeness (QED) is 0.690. The molecule has 13 heavy (non-hydrogen) atoms. The Morgan fingerprint density at radius 3 is 3.00 bits per heavy atom. The zero-order valence-corrected chi connectivity index (χ0v) is 8.30. The smallest absolute Gasteiger partial charge is 0.189 e. The van der Waals surface area contributed by atoms with Gasteiger partial charge < -0.3 is 0 Å². The van der Waals surface area contributed by atoms with Crippen LogP contribution < -0.4 is 0 Å². The van der Waals surface area contributed by atoms with Gasteiger partial charge in [0.1, 0.15) is 5.92 Å². The van der Waals surface area contributed by atoms with Gasteiger partial charge in [0.05, 0.1) is 10.9 Å². The molecule has 1 aromatic rings. The minimum absolute atomic E-state index is 0.0284. The second-order valence-corrected chi connectivity index (χ2v) is 3.76. The first-order valence-corrected chi connectivity index (χ1v) is 5.15. The summed E-state index contributed by atoms with van der Waals surface area (Å²) in [5.74, 6) is -0.483. The summed E-state index contributed by atoms with van der Waals surface area (Å²) in [7, 11) is 0. The van der Waals surface area contributed by atoms with Crippen molar-refractivity contribution in [3.8, 4) is 6.07 Å². The van der Waals surface area contributed by atoms with Crippen molar-refractivity contribution in [1.29, 1.82) is 5.26 Å².